The third-order valence-electron chi connectivity index (χ3n) is 6.18. The summed E-state index contributed by atoms with van der Waals surface area (Å²) in [5.41, 5.74) is 6.22. The number of phenolic OH excluding ortho intramolecular Hbond substituents is 1. The molecular formula is C34H36ClNO4. The van der Waals surface area contributed by atoms with E-state index in [-0.39, 0.29) is 18.1 Å². The summed E-state index contributed by atoms with van der Waals surface area (Å²) in [6.07, 6.45) is 1.57. The third kappa shape index (κ3) is 8.47. The first-order chi connectivity index (χ1) is 19.2. The van der Waals surface area contributed by atoms with E-state index in [9.17, 15) is 9.90 Å². The standard InChI is InChI=1S/C32H30ClNO3.C2H6O/c1-4-30(36)28-10-6-8-12-32(28)37-31-16-14-26(34-22(3)18-24-9-5-7-11-29(24)33)20-25(31)19-23-13-15-27(35)17-21(23)2;1-2-3/h5-17,20,34-35H,3-4,18-19H2,1-2H3;3H,2H2,1H3. The summed E-state index contributed by atoms with van der Waals surface area (Å²) in [5.74, 6) is 1.45. The average molecular weight is 558 g/mol. The van der Waals surface area contributed by atoms with Crippen LogP contribution in [0.1, 0.15) is 52.9 Å². The minimum absolute atomic E-state index is 0.0284. The summed E-state index contributed by atoms with van der Waals surface area (Å²) in [4.78, 5) is 12.5. The monoisotopic (exact) mass is 557 g/mol. The molecule has 4 aromatic carbocycles. The number of nitrogens with one attached hydrogen (secondary N) is 1. The van der Waals surface area contributed by atoms with Crippen molar-refractivity contribution in [2.75, 3.05) is 11.9 Å². The third-order valence-corrected chi connectivity index (χ3v) is 6.55. The van der Waals surface area contributed by atoms with Crippen LogP contribution in [0.4, 0.5) is 5.69 Å². The number of carbonyl (C=O) groups excluding carboxylic acids is 1. The van der Waals surface area contributed by atoms with E-state index >= 15 is 0 Å². The predicted molar refractivity (Wildman–Crippen MR) is 164 cm³/mol. The molecule has 0 amide bonds. The number of aryl methyl sites for hydroxylation is 1. The number of para-hydroxylation sites is 1. The Labute approximate surface area is 241 Å². The Balaban J connectivity index is 0.00000141. The largest absolute Gasteiger partial charge is 0.508 e. The molecule has 0 radical (unpaired) electrons. The van der Waals surface area contributed by atoms with E-state index in [1.165, 1.54) is 0 Å². The summed E-state index contributed by atoms with van der Waals surface area (Å²) in [6.45, 7) is 9.93. The molecule has 208 valence electrons. The molecule has 40 heavy (non-hydrogen) atoms. The van der Waals surface area contributed by atoms with Gasteiger partial charge in [-0.2, -0.15) is 0 Å². The summed E-state index contributed by atoms with van der Waals surface area (Å²) < 4.78 is 6.33. The number of aliphatic hydroxyl groups excluding tert-OH is 1. The van der Waals surface area contributed by atoms with Crippen LogP contribution in [0.15, 0.2) is 97.2 Å². The number of hydrogen-bond acceptors (Lipinski definition) is 5. The van der Waals surface area contributed by atoms with E-state index in [1.54, 1.807) is 25.1 Å². The first-order valence-corrected chi connectivity index (χ1v) is 13.6. The van der Waals surface area contributed by atoms with Crippen molar-refractivity contribution in [2.45, 2.75) is 40.0 Å². The summed E-state index contributed by atoms with van der Waals surface area (Å²) in [6, 6.07) is 26.3. The van der Waals surface area contributed by atoms with E-state index in [1.807, 2.05) is 80.6 Å². The zero-order valence-corrected chi connectivity index (χ0v) is 24.0. The SMILES string of the molecule is C=C(Cc1ccccc1Cl)Nc1ccc(Oc2ccccc2C(=O)CC)c(Cc2ccc(O)cc2C)c1.CCO. The molecule has 0 spiro atoms. The number of hydrogen-bond donors (Lipinski definition) is 3. The molecule has 5 nitrogen and oxygen atoms in total. The molecule has 0 aliphatic heterocycles. The molecule has 0 saturated heterocycles. The fourth-order valence-corrected chi connectivity index (χ4v) is 4.40. The van der Waals surface area contributed by atoms with Gasteiger partial charge in [-0.3, -0.25) is 4.79 Å². The Morgan fingerprint density at radius 2 is 1.60 bits per heavy atom. The maximum atomic E-state index is 12.5. The summed E-state index contributed by atoms with van der Waals surface area (Å²) in [5, 5.41) is 21.5. The summed E-state index contributed by atoms with van der Waals surface area (Å²) >= 11 is 6.33. The Kier molecular flexibility index (Phi) is 11.4. The number of allylic oxidation sites excluding steroid dienone is 1. The van der Waals surface area contributed by atoms with Gasteiger partial charge in [-0.25, -0.2) is 0 Å². The average Bonchev–Trinajstić information content (AvgIpc) is 2.93. The van der Waals surface area contributed by atoms with Crippen LogP contribution in [-0.4, -0.2) is 22.6 Å². The lowest BCUT2D eigenvalue weighted by Crippen LogP contribution is -2.04. The van der Waals surface area contributed by atoms with Gasteiger partial charge in [-0.05, 0) is 79.1 Å². The van der Waals surface area contributed by atoms with E-state index in [0.717, 1.165) is 33.6 Å². The van der Waals surface area contributed by atoms with Gasteiger partial charge in [-0.1, -0.05) is 61.5 Å². The zero-order valence-electron chi connectivity index (χ0n) is 23.2. The molecule has 0 atom stereocenters. The first kappa shape index (κ1) is 30.5. The van der Waals surface area contributed by atoms with Gasteiger partial charge in [0.05, 0.1) is 5.56 Å². The molecule has 0 unspecified atom stereocenters. The van der Waals surface area contributed by atoms with Gasteiger partial charge in [0, 0.05) is 47.8 Å². The highest BCUT2D eigenvalue weighted by Gasteiger charge is 2.15. The summed E-state index contributed by atoms with van der Waals surface area (Å²) in [7, 11) is 0. The van der Waals surface area contributed by atoms with Crippen molar-refractivity contribution < 1.29 is 19.7 Å². The smallest absolute Gasteiger partial charge is 0.166 e. The van der Waals surface area contributed by atoms with Crippen molar-refractivity contribution >= 4 is 23.1 Å². The van der Waals surface area contributed by atoms with Crippen LogP contribution < -0.4 is 10.1 Å². The van der Waals surface area contributed by atoms with Gasteiger partial charge in [0.1, 0.15) is 17.2 Å². The second kappa shape index (κ2) is 14.9. The van der Waals surface area contributed by atoms with Crippen LogP contribution in [-0.2, 0) is 12.8 Å². The van der Waals surface area contributed by atoms with E-state index < -0.39 is 0 Å². The van der Waals surface area contributed by atoms with Crippen LogP contribution in [0.2, 0.25) is 5.02 Å². The Morgan fingerprint density at radius 3 is 2.30 bits per heavy atom. The normalized spacial score (nSPS) is 10.3. The zero-order chi connectivity index (χ0) is 29.1. The highest BCUT2D eigenvalue weighted by atomic mass is 35.5. The second-order valence-electron chi connectivity index (χ2n) is 9.30. The number of ketones is 1. The fourth-order valence-electron chi connectivity index (χ4n) is 4.19. The highest BCUT2D eigenvalue weighted by Crippen LogP contribution is 2.33. The molecule has 0 fully saturated rings. The molecule has 0 saturated carbocycles. The molecule has 0 aliphatic rings. The van der Waals surface area contributed by atoms with Crippen LogP contribution >= 0.6 is 11.6 Å². The predicted octanol–water partition coefficient (Wildman–Crippen LogP) is 8.50. The minimum atomic E-state index is 0.0284. The van der Waals surface area contributed by atoms with Gasteiger partial charge >= 0.3 is 0 Å². The maximum absolute atomic E-state index is 12.5. The van der Waals surface area contributed by atoms with Gasteiger partial charge in [0.15, 0.2) is 5.78 Å². The lowest BCUT2D eigenvalue weighted by atomic mass is 9.99. The number of halogens is 1. The number of phenols is 1. The number of ether oxygens (including phenoxy) is 1. The van der Waals surface area contributed by atoms with Gasteiger partial charge in [0.25, 0.3) is 0 Å². The van der Waals surface area contributed by atoms with Gasteiger partial charge in [0.2, 0.25) is 0 Å². The molecule has 6 heteroatoms. The maximum Gasteiger partial charge on any atom is 0.166 e. The molecule has 0 heterocycles. The van der Waals surface area contributed by atoms with Gasteiger partial charge in [-0.15, -0.1) is 0 Å². The molecular weight excluding hydrogens is 522 g/mol. The van der Waals surface area contributed by atoms with Crippen molar-refractivity contribution in [1.29, 1.82) is 0 Å². The van der Waals surface area contributed by atoms with Crippen molar-refractivity contribution in [3.8, 4) is 17.2 Å². The lowest BCUT2D eigenvalue weighted by molar-refractivity contribution is 0.0986. The molecule has 0 aromatic heterocycles. The highest BCUT2D eigenvalue weighted by molar-refractivity contribution is 6.31. The number of Topliss-reactive ketones (excluding diaryl/α,β-unsaturated/α-hetero) is 1. The van der Waals surface area contributed by atoms with E-state index in [2.05, 4.69) is 11.9 Å². The number of aromatic hydroxyl groups is 1. The number of carbonyl (C=O) groups is 1. The van der Waals surface area contributed by atoms with Crippen molar-refractivity contribution in [3.63, 3.8) is 0 Å². The molecule has 3 N–H and O–H groups in total. The minimum Gasteiger partial charge on any atom is -0.508 e. The van der Waals surface area contributed by atoms with Crippen LogP contribution in [0.5, 0.6) is 17.2 Å². The number of aliphatic hydroxyl groups is 1. The molecule has 0 aliphatic carbocycles. The van der Waals surface area contributed by atoms with E-state index in [0.29, 0.717) is 41.3 Å². The van der Waals surface area contributed by atoms with Crippen molar-refractivity contribution in [3.05, 3.63) is 130 Å². The van der Waals surface area contributed by atoms with Crippen molar-refractivity contribution in [1.82, 2.24) is 0 Å². The fraction of sp³-hybridized carbons (Fsp3) is 0.206. The Morgan fingerprint density at radius 1 is 0.900 bits per heavy atom. The lowest BCUT2D eigenvalue weighted by Gasteiger charge is -2.17. The topological polar surface area (TPSA) is 78.8 Å². The van der Waals surface area contributed by atoms with E-state index in [4.69, 9.17) is 21.4 Å². The first-order valence-electron chi connectivity index (χ1n) is 13.3. The van der Waals surface area contributed by atoms with Crippen LogP contribution in [0.25, 0.3) is 0 Å². The molecule has 4 rings (SSSR count). The Bertz CT molecular complexity index is 1460. The molecule has 4 aromatic rings. The Hall–Kier alpha value is -4.06. The number of anilines is 1. The number of benzene rings is 4. The molecule has 0 bridgehead atoms. The number of rotatable bonds is 10. The van der Waals surface area contributed by atoms with Gasteiger partial charge < -0.3 is 20.3 Å². The second-order valence-corrected chi connectivity index (χ2v) is 9.71. The van der Waals surface area contributed by atoms with Crippen LogP contribution in [0, 0.1) is 6.92 Å². The quantitative estimate of drug-likeness (QED) is 0.170. The van der Waals surface area contributed by atoms with Crippen molar-refractivity contribution in [2.24, 2.45) is 0 Å². The van der Waals surface area contributed by atoms with Crippen LogP contribution in [0.3, 0.4) is 0 Å².